The smallest absolute Gasteiger partial charge is 0.0562 e. The zero-order chi connectivity index (χ0) is 11.3. The van der Waals surface area contributed by atoms with Gasteiger partial charge in [-0.05, 0) is 27.7 Å². The summed E-state index contributed by atoms with van der Waals surface area (Å²) in [5.74, 6) is 0. The minimum Gasteiger partial charge on any atom is -0.309 e. The Bertz CT molecular complexity index is 318. The van der Waals surface area contributed by atoms with Crippen LogP contribution in [0.5, 0.6) is 0 Å². The third kappa shape index (κ3) is 4.79. The molecule has 0 fully saturated rings. The molecule has 0 aliphatic rings. The molecule has 1 heterocycles. The van der Waals surface area contributed by atoms with Crippen LogP contribution in [-0.4, -0.2) is 21.9 Å². The van der Waals surface area contributed by atoms with Crippen molar-refractivity contribution in [1.29, 1.82) is 0 Å². The summed E-state index contributed by atoms with van der Waals surface area (Å²) in [7, 11) is 0. The molecule has 84 valence electrons. The lowest BCUT2D eigenvalue weighted by Crippen LogP contribution is -2.35. The van der Waals surface area contributed by atoms with Crippen molar-refractivity contribution in [3.8, 4) is 0 Å². The highest BCUT2D eigenvalue weighted by Crippen LogP contribution is 2.01. The fourth-order valence-corrected chi connectivity index (χ4v) is 1.20. The number of hydrogen-bond donors (Lipinski definition) is 1. The molecule has 15 heavy (non-hydrogen) atoms. The van der Waals surface area contributed by atoms with Crippen LogP contribution in [0.3, 0.4) is 0 Å². The van der Waals surface area contributed by atoms with Gasteiger partial charge in [-0.25, -0.2) is 0 Å². The molecule has 0 aromatic carbocycles. The zero-order valence-corrected chi connectivity index (χ0v) is 10.1. The lowest BCUT2D eigenvalue weighted by molar-refractivity contribution is 0.450. The maximum atomic E-state index is 4.21. The Morgan fingerprint density at radius 1 is 1.47 bits per heavy atom. The minimum absolute atomic E-state index is 0.179. The summed E-state index contributed by atoms with van der Waals surface area (Å²) in [6.07, 6.45) is 8.16. The second-order valence-electron chi connectivity index (χ2n) is 4.66. The summed E-state index contributed by atoms with van der Waals surface area (Å²) >= 11 is 0. The van der Waals surface area contributed by atoms with Crippen molar-refractivity contribution in [2.24, 2.45) is 0 Å². The van der Waals surface area contributed by atoms with Gasteiger partial charge in [0, 0.05) is 30.4 Å². The Labute approximate surface area is 92.2 Å². The lowest BCUT2D eigenvalue weighted by atomic mass is 10.1. The van der Waals surface area contributed by atoms with Crippen LogP contribution in [0.4, 0.5) is 0 Å². The van der Waals surface area contributed by atoms with Crippen molar-refractivity contribution in [3.63, 3.8) is 0 Å². The number of nitrogens with zero attached hydrogens (tertiary/aromatic N) is 2. The van der Waals surface area contributed by atoms with Crippen LogP contribution in [0.1, 0.15) is 33.3 Å². The lowest BCUT2D eigenvalue weighted by Gasteiger charge is -2.18. The van der Waals surface area contributed by atoms with Crippen molar-refractivity contribution in [1.82, 2.24) is 15.1 Å². The van der Waals surface area contributed by atoms with E-state index in [4.69, 9.17) is 0 Å². The van der Waals surface area contributed by atoms with Crippen molar-refractivity contribution in [3.05, 3.63) is 24.0 Å². The Balaban J connectivity index is 2.38. The molecule has 0 saturated carbocycles. The summed E-state index contributed by atoms with van der Waals surface area (Å²) in [5.41, 5.74) is 1.34. The van der Waals surface area contributed by atoms with Crippen LogP contribution in [0, 0.1) is 0 Å². The third-order valence-electron chi connectivity index (χ3n) is 2.04. The average Bonchev–Trinajstić information content (AvgIpc) is 2.59. The summed E-state index contributed by atoms with van der Waals surface area (Å²) < 4.78 is 1.93. The third-order valence-corrected chi connectivity index (χ3v) is 2.04. The van der Waals surface area contributed by atoms with E-state index in [0.717, 1.165) is 18.7 Å². The van der Waals surface area contributed by atoms with E-state index in [-0.39, 0.29) is 5.54 Å². The first-order valence-corrected chi connectivity index (χ1v) is 5.45. The molecule has 0 amide bonds. The molecule has 1 rings (SSSR count). The predicted molar refractivity (Wildman–Crippen MR) is 64.7 cm³/mol. The quantitative estimate of drug-likeness (QED) is 0.821. The summed E-state index contributed by atoms with van der Waals surface area (Å²) in [4.78, 5) is 0. The van der Waals surface area contributed by atoms with E-state index in [0.29, 0.717) is 0 Å². The molecule has 3 nitrogen and oxygen atoms in total. The van der Waals surface area contributed by atoms with Gasteiger partial charge in [-0.1, -0.05) is 12.2 Å². The highest BCUT2D eigenvalue weighted by Gasteiger charge is 2.05. The Morgan fingerprint density at radius 2 is 2.20 bits per heavy atom. The molecular weight excluding hydrogens is 186 g/mol. The number of aromatic nitrogens is 2. The van der Waals surface area contributed by atoms with Crippen LogP contribution < -0.4 is 5.32 Å². The van der Waals surface area contributed by atoms with E-state index in [9.17, 15) is 0 Å². The van der Waals surface area contributed by atoms with Crippen LogP contribution in [0.15, 0.2) is 18.5 Å². The first kappa shape index (κ1) is 12.0. The van der Waals surface area contributed by atoms with Gasteiger partial charge in [0.25, 0.3) is 0 Å². The second kappa shape index (κ2) is 5.12. The standard InChI is InChI=1S/C12H21N3/c1-5-15-10-11(9-14-15)7-6-8-13-12(2,3)4/h6-7,9-10,13H,5,8H2,1-4H3/b7-6+. The van der Waals surface area contributed by atoms with Crippen LogP contribution in [-0.2, 0) is 6.54 Å². The van der Waals surface area contributed by atoms with Gasteiger partial charge in [-0.2, -0.15) is 5.10 Å². The molecule has 0 unspecified atom stereocenters. The molecule has 0 atom stereocenters. The minimum atomic E-state index is 0.179. The highest BCUT2D eigenvalue weighted by molar-refractivity contribution is 5.46. The second-order valence-corrected chi connectivity index (χ2v) is 4.66. The van der Waals surface area contributed by atoms with Gasteiger partial charge in [-0.15, -0.1) is 0 Å². The topological polar surface area (TPSA) is 29.9 Å². The van der Waals surface area contributed by atoms with Crippen molar-refractivity contribution in [2.75, 3.05) is 6.54 Å². The number of aryl methyl sites for hydroxylation is 1. The van der Waals surface area contributed by atoms with Crippen molar-refractivity contribution >= 4 is 6.08 Å². The fraction of sp³-hybridized carbons (Fsp3) is 0.583. The van der Waals surface area contributed by atoms with Gasteiger partial charge in [0.15, 0.2) is 0 Å². The number of hydrogen-bond acceptors (Lipinski definition) is 2. The molecule has 0 aliphatic carbocycles. The van der Waals surface area contributed by atoms with E-state index in [1.165, 1.54) is 0 Å². The normalized spacial score (nSPS) is 12.5. The van der Waals surface area contributed by atoms with E-state index in [1.54, 1.807) is 0 Å². The van der Waals surface area contributed by atoms with Gasteiger partial charge >= 0.3 is 0 Å². The van der Waals surface area contributed by atoms with E-state index in [1.807, 2.05) is 17.1 Å². The largest absolute Gasteiger partial charge is 0.309 e. The maximum Gasteiger partial charge on any atom is 0.0562 e. The average molecular weight is 207 g/mol. The van der Waals surface area contributed by atoms with Gasteiger partial charge in [0.2, 0.25) is 0 Å². The molecule has 0 aliphatic heterocycles. The Kier molecular flexibility index (Phi) is 4.09. The van der Waals surface area contributed by atoms with Gasteiger partial charge in [0.05, 0.1) is 6.20 Å². The van der Waals surface area contributed by atoms with E-state index in [2.05, 4.69) is 50.3 Å². The molecule has 1 N–H and O–H groups in total. The molecule has 0 bridgehead atoms. The molecule has 3 heteroatoms. The van der Waals surface area contributed by atoms with Crippen molar-refractivity contribution < 1.29 is 0 Å². The van der Waals surface area contributed by atoms with Gasteiger partial charge in [-0.3, -0.25) is 4.68 Å². The summed E-state index contributed by atoms with van der Waals surface area (Å²) in [5, 5.41) is 7.61. The van der Waals surface area contributed by atoms with Crippen LogP contribution in [0.25, 0.3) is 6.08 Å². The first-order valence-electron chi connectivity index (χ1n) is 5.45. The van der Waals surface area contributed by atoms with Gasteiger partial charge in [0.1, 0.15) is 0 Å². The first-order chi connectivity index (χ1) is 7.01. The maximum absolute atomic E-state index is 4.21. The van der Waals surface area contributed by atoms with E-state index < -0.39 is 0 Å². The Morgan fingerprint density at radius 3 is 2.73 bits per heavy atom. The molecule has 0 radical (unpaired) electrons. The highest BCUT2D eigenvalue weighted by atomic mass is 15.3. The van der Waals surface area contributed by atoms with Crippen LogP contribution in [0.2, 0.25) is 0 Å². The number of rotatable bonds is 4. The molecular formula is C12H21N3. The van der Waals surface area contributed by atoms with Crippen molar-refractivity contribution in [2.45, 2.75) is 39.8 Å². The predicted octanol–water partition coefficient (Wildman–Crippen LogP) is 2.30. The van der Waals surface area contributed by atoms with Crippen LogP contribution >= 0.6 is 0 Å². The number of nitrogens with one attached hydrogen (secondary N) is 1. The molecule has 1 aromatic rings. The summed E-state index contributed by atoms with van der Waals surface area (Å²) in [6.45, 7) is 10.4. The van der Waals surface area contributed by atoms with Gasteiger partial charge < -0.3 is 5.32 Å². The Hall–Kier alpha value is -1.09. The molecule has 0 saturated heterocycles. The summed E-state index contributed by atoms with van der Waals surface area (Å²) in [6, 6.07) is 0. The monoisotopic (exact) mass is 207 g/mol. The zero-order valence-electron chi connectivity index (χ0n) is 10.1. The SMILES string of the molecule is CCn1cc(/C=C/CNC(C)(C)C)cn1. The molecule has 1 aromatic heterocycles. The van der Waals surface area contributed by atoms with E-state index >= 15 is 0 Å². The molecule has 0 spiro atoms. The fourth-order valence-electron chi connectivity index (χ4n) is 1.20.